The first kappa shape index (κ1) is 16.9. The van der Waals surface area contributed by atoms with Crippen LogP contribution in [0.5, 0.6) is 0 Å². The van der Waals surface area contributed by atoms with Gasteiger partial charge in [-0.25, -0.2) is 10.0 Å². The van der Waals surface area contributed by atoms with E-state index in [4.69, 9.17) is 11.5 Å². The molecule has 7 nitrogen and oxygen atoms in total. The smallest absolute Gasteiger partial charge is 0.368 e. The summed E-state index contributed by atoms with van der Waals surface area (Å²) in [7, 11) is 0. The fourth-order valence-electron chi connectivity index (χ4n) is 2.19. The first-order chi connectivity index (χ1) is 10.9. The zero-order chi connectivity index (χ0) is 16.9. The van der Waals surface area contributed by atoms with Crippen molar-refractivity contribution in [1.82, 2.24) is 5.01 Å². The van der Waals surface area contributed by atoms with E-state index >= 15 is 0 Å². The van der Waals surface area contributed by atoms with E-state index < -0.39 is 12.3 Å². The highest BCUT2D eigenvalue weighted by Crippen LogP contribution is 2.20. The van der Waals surface area contributed by atoms with Gasteiger partial charge in [-0.1, -0.05) is 18.2 Å². The van der Waals surface area contributed by atoms with Gasteiger partial charge in [-0.05, 0) is 30.1 Å². The number of hydrogen-bond donors (Lipinski definition) is 2. The molecule has 0 unspecified atom stereocenters. The molecule has 0 amide bonds. The molecule has 0 radical (unpaired) electrons. The highest BCUT2D eigenvalue weighted by molar-refractivity contribution is 6.01. The fourth-order valence-corrected chi connectivity index (χ4v) is 2.19. The lowest BCUT2D eigenvalue weighted by Gasteiger charge is -2.32. The molecule has 126 valence electrons. The fraction of sp³-hybridized carbons (Fsp3) is 0.385. The molecule has 1 fully saturated rings. The van der Waals surface area contributed by atoms with E-state index in [9.17, 15) is 13.2 Å². The van der Waals surface area contributed by atoms with E-state index in [1.807, 2.05) is 23.2 Å². The number of rotatable bonds is 3. The van der Waals surface area contributed by atoms with Crippen molar-refractivity contribution in [2.24, 2.45) is 21.6 Å². The molecule has 1 aliphatic rings. The van der Waals surface area contributed by atoms with Gasteiger partial charge in [0.25, 0.3) is 5.96 Å². The Morgan fingerprint density at radius 2 is 1.74 bits per heavy atom. The summed E-state index contributed by atoms with van der Waals surface area (Å²) in [4.78, 5) is 6.95. The highest BCUT2D eigenvalue weighted by atomic mass is 19.4. The van der Waals surface area contributed by atoms with Gasteiger partial charge in [0.05, 0.1) is 5.69 Å². The lowest BCUT2D eigenvalue weighted by molar-refractivity contribution is -0.325. The molecule has 2 rings (SSSR count). The summed E-state index contributed by atoms with van der Waals surface area (Å²) in [6, 6.07) is 9.08. The SMILES string of the molecule is NC(=NOC(F)(F)F)N=C(N)N(c1ccccc1)N1CCCC1. The van der Waals surface area contributed by atoms with Gasteiger partial charge in [0, 0.05) is 13.1 Å². The molecule has 0 aromatic heterocycles. The van der Waals surface area contributed by atoms with Gasteiger partial charge in [-0.2, -0.15) is 4.99 Å². The van der Waals surface area contributed by atoms with Crippen LogP contribution < -0.4 is 16.5 Å². The van der Waals surface area contributed by atoms with Crippen LogP contribution in [-0.2, 0) is 4.84 Å². The molecule has 0 atom stereocenters. The molecular formula is C13H17F3N6O. The summed E-state index contributed by atoms with van der Waals surface area (Å²) < 4.78 is 35.8. The summed E-state index contributed by atoms with van der Waals surface area (Å²) in [5, 5.41) is 6.23. The summed E-state index contributed by atoms with van der Waals surface area (Å²) in [6.07, 6.45) is -2.96. The first-order valence-electron chi connectivity index (χ1n) is 6.89. The Balaban J connectivity index is 2.22. The maximum Gasteiger partial charge on any atom is 0.593 e. The molecule has 1 saturated heterocycles. The topological polar surface area (TPSA) is 92.5 Å². The van der Waals surface area contributed by atoms with Gasteiger partial charge in [0.1, 0.15) is 0 Å². The molecular weight excluding hydrogens is 313 g/mol. The number of aliphatic imine (C=N–C) groups is 1. The molecule has 0 saturated carbocycles. The van der Waals surface area contributed by atoms with E-state index in [2.05, 4.69) is 15.0 Å². The summed E-state index contributed by atoms with van der Waals surface area (Å²) in [6.45, 7) is 1.50. The largest absolute Gasteiger partial charge is 0.593 e. The van der Waals surface area contributed by atoms with Crippen LogP contribution in [0.15, 0.2) is 40.5 Å². The number of guanidine groups is 2. The van der Waals surface area contributed by atoms with E-state index in [-0.39, 0.29) is 5.96 Å². The number of halogens is 3. The van der Waals surface area contributed by atoms with Crippen molar-refractivity contribution in [2.75, 3.05) is 18.1 Å². The monoisotopic (exact) mass is 330 g/mol. The van der Waals surface area contributed by atoms with Gasteiger partial charge in [0.15, 0.2) is 0 Å². The van der Waals surface area contributed by atoms with Crippen LogP contribution in [0, 0.1) is 0 Å². The minimum absolute atomic E-state index is 0.0925. The van der Waals surface area contributed by atoms with Crippen LogP contribution in [0.2, 0.25) is 0 Å². The molecule has 0 spiro atoms. The maximum atomic E-state index is 11.9. The van der Waals surface area contributed by atoms with E-state index in [1.54, 1.807) is 17.1 Å². The minimum atomic E-state index is -4.93. The number of nitrogens with zero attached hydrogens (tertiary/aromatic N) is 4. The Hall–Kier alpha value is -2.49. The van der Waals surface area contributed by atoms with Crippen LogP contribution >= 0.6 is 0 Å². The Labute approximate surface area is 131 Å². The molecule has 23 heavy (non-hydrogen) atoms. The Morgan fingerprint density at radius 3 is 2.30 bits per heavy atom. The number of oxime groups is 1. The molecule has 10 heteroatoms. The predicted molar refractivity (Wildman–Crippen MR) is 80.1 cm³/mol. The number of anilines is 1. The van der Waals surface area contributed by atoms with Gasteiger partial charge in [0.2, 0.25) is 5.96 Å². The quantitative estimate of drug-likeness (QED) is 0.499. The Bertz CT molecular complexity index is 569. The van der Waals surface area contributed by atoms with Crippen molar-refractivity contribution in [3.63, 3.8) is 0 Å². The van der Waals surface area contributed by atoms with Gasteiger partial charge in [-0.3, -0.25) is 4.84 Å². The van der Waals surface area contributed by atoms with Gasteiger partial charge in [-0.15, -0.1) is 13.2 Å². The van der Waals surface area contributed by atoms with Crippen LogP contribution in [0.4, 0.5) is 18.9 Å². The Kier molecular flexibility index (Phi) is 5.27. The lowest BCUT2D eigenvalue weighted by atomic mass is 10.3. The molecule has 1 aliphatic heterocycles. The van der Waals surface area contributed by atoms with Crippen molar-refractivity contribution in [3.05, 3.63) is 30.3 Å². The van der Waals surface area contributed by atoms with Gasteiger partial charge < -0.3 is 11.5 Å². The zero-order valence-electron chi connectivity index (χ0n) is 12.2. The molecule has 1 heterocycles. The lowest BCUT2D eigenvalue weighted by Crippen LogP contribution is -2.49. The second-order valence-corrected chi connectivity index (χ2v) is 4.76. The van der Waals surface area contributed by atoms with Crippen molar-refractivity contribution in [1.29, 1.82) is 0 Å². The maximum absolute atomic E-state index is 11.9. The minimum Gasteiger partial charge on any atom is -0.368 e. The summed E-state index contributed by atoms with van der Waals surface area (Å²) >= 11 is 0. The van der Waals surface area contributed by atoms with Crippen molar-refractivity contribution >= 4 is 17.6 Å². The van der Waals surface area contributed by atoms with Crippen molar-refractivity contribution in [3.8, 4) is 0 Å². The molecule has 4 N–H and O–H groups in total. The van der Waals surface area contributed by atoms with Crippen LogP contribution in [0.25, 0.3) is 0 Å². The number of hydrazine groups is 1. The van der Waals surface area contributed by atoms with Crippen LogP contribution in [0.1, 0.15) is 12.8 Å². The van der Waals surface area contributed by atoms with E-state index in [0.29, 0.717) is 0 Å². The number of para-hydroxylation sites is 1. The number of hydrogen-bond acceptors (Lipinski definition) is 3. The van der Waals surface area contributed by atoms with Crippen LogP contribution in [-0.4, -0.2) is 36.4 Å². The second kappa shape index (κ2) is 7.18. The van der Waals surface area contributed by atoms with Crippen molar-refractivity contribution < 1.29 is 18.0 Å². The standard InChI is InChI=1S/C13H17F3N6O/c14-13(15,16)23-20-11(17)19-12(18)22(21-8-4-5-9-21)10-6-2-1-3-7-10/h1-3,6-7H,4-5,8-9H2,(H4,17,18,19,20). The number of benzene rings is 1. The summed E-state index contributed by atoms with van der Waals surface area (Å²) in [5.41, 5.74) is 11.9. The third-order valence-corrected chi connectivity index (χ3v) is 3.05. The molecule has 1 aromatic rings. The van der Waals surface area contributed by atoms with E-state index in [1.165, 1.54) is 0 Å². The third-order valence-electron chi connectivity index (χ3n) is 3.05. The number of nitrogens with two attached hydrogens (primary N) is 2. The average molecular weight is 330 g/mol. The van der Waals surface area contributed by atoms with Crippen LogP contribution in [0.3, 0.4) is 0 Å². The summed E-state index contributed by atoms with van der Waals surface area (Å²) in [5.74, 6) is -0.815. The predicted octanol–water partition coefficient (Wildman–Crippen LogP) is 1.58. The molecule has 1 aromatic carbocycles. The zero-order valence-corrected chi connectivity index (χ0v) is 12.2. The van der Waals surface area contributed by atoms with Gasteiger partial charge >= 0.3 is 6.36 Å². The van der Waals surface area contributed by atoms with Crippen molar-refractivity contribution in [2.45, 2.75) is 19.2 Å². The first-order valence-corrected chi connectivity index (χ1v) is 6.89. The average Bonchev–Trinajstić information content (AvgIpc) is 3.00. The third kappa shape index (κ3) is 5.02. The Morgan fingerprint density at radius 1 is 1.13 bits per heavy atom. The highest BCUT2D eigenvalue weighted by Gasteiger charge is 2.31. The normalized spacial score (nSPS) is 17.3. The second-order valence-electron chi connectivity index (χ2n) is 4.76. The van der Waals surface area contributed by atoms with E-state index in [0.717, 1.165) is 31.6 Å². The molecule has 0 bridgehead atoms. The number of alkyl halides is 3. The molecule has 0 aliphatic carbocycles.